The van der Waals surface area contributed by atoms with Crippen LogP contribution in [0.1, 0.15) is 40.0 Å². The second-order valence-electron chi connectivity index (χ2n) is 5.21. The average Bonchev–Trinajstić information content (AvgIpc) is 2.19. The van der Waals surface area contributed by atoms with Gasteiger partial charge in [-0.25, -0.2) is 0 Å². The van der Waals surface area contributed by atoms with Crippen LogP contribution in [0.3, 0.4) is 0 Å². The molecule has 0 bridgehead atoms. The summed E-state index contributed by atoms with van der Waals surface area (Å²) < 4.78 is 0. The van der Waals surface area contributed by atoms with Gasteiger partial charge < -0.3 is 4.90 Å². The lowest BCUT2D eigenvalue weighted by Crippen LogP contribution is -2.19. The molecule has 90 valence electrons. The molecule has 0 aromatic heterocycles. The first-order valence-corrected chi connectivity index (χ1v) is 6.17. The number of hydrogen-bond donors (Lipinski definition) is 0. The minimum Gasteiger partial charge on any atom is -0.378 e. The zero-order chi connectivity index (χ0) is 12.3. The van der Waals surface area contributed by atoms with Crippen molar-refractivity contribution in [2.45, 2.75) is 40.0 Å². The molecule has 1 unspecified atom stereocenters. The van der Waals surface area contributed by atoms with Gasteiger partial charge in [0.15, 0.2) is 0 Å². The Morgan fingerprint density at radius 1 is 1.50 bits per heavy atom. The molecule has 1 nitrogen and oxygen atoms in total. The highest BCUT2D eigenvalue weighted by Gasteiger charge is 2.20. The molecule has 0 heterocycles. The summed E-state index contributed by atoms with van der Waals surface area (Å²) in [4.78, 5) is 2.23. The Hall–Kier alpha value is -0.980. The summed E-state index contributed by atoms with van der Waals surface area (Å²) in [5.74, 6) is 0.719. The van der Waals surface area contributed by atoms with E-state index in [0.29, 0.717) is 0 Å². The smallest absolute Gasteiger partial charge is 0.0352 e. The fraction of sp³-hybridized carbons (Fsp3) is 0.600. The number of nitrogens with zero attached hydrogens (tertiary/aromatic N) is 1. The third-order valence-electron chi connectivity index (χ3n) is 3.37. The molecule has 0 aliphatic heterocycles. The zero-order valence-electron chi connectivity index (χ0n) is 11.4. The lowest BCUT2D eigenvalue weighted by atomic mass is 9.82. The van der Waals surface area contributed by atoms with Gasteiger partial charge in [-0.2, -0.15) is 0 Å². The quantitative estimate of drug-likeness (QED) is 0.642. The van der Waals surface area contributed by atoms with Crippen molar-refractivity contribution in [3.63, 3.8) is 0 Å². The number of likely N-dealkylation sites (N-methyl/N-ethyl adjacent to an activating group) is 1. The molecule has 0 N–H and O–H groups in total. The number of allylic oxidation sites excluding steroid dienone is 4. The van der Waals surface area contributed by atoms with Crippen molar-refractivity contribution in [3.8, 4) is 0 Å². The molecule has 0 radical (unpaired) electrons. The van der Waals surface area contributed by atoms with Crippen molar-refractivity contribution >= 4 is 0 Å². The van der Waals surface area contributed by atoms with Crippen LogP contribution in [0.15, 0.2) is 35.1 Å². The van der Waals surface area contributed by atoms with E-state index in [-0.39, 0.29) is 0 Å². The molecule has 1 aliphatic rings. The van der Waals surface area contributed by atoms with E-state index in [2.05, 4.69) is 52.4 Å². The largest absolute Gasteiger partial charge is 0.378 e. The monoisotopic (exact) mass is 219 g/mol. The first kappa shape index (κ1) is 13.1. The van der Waals surface area contributed by atoms with E-state index < -0.39 is 0 Å². The third-order valence-corrected chi connectivity index (χ3v) is 3.37. The number of rotatable bonds is 4. The minimum absolute atomic E-state index is 0.719. The summed E-state index contributed by atoms with van der Waals surface area (Å²) in [5, 5.41) is 0. The highest BCUT2D eigenvalue weighted by molar-refractivity contribution is 5.35. The van der Waals surface area contributed by atoms with Crippen LogP contribution >= 0.6 is 0 Å². The van der Waals surface area contributed by atoms with Gasteiger partial charge in [-0.05, 0) is 50.7 Å². The van der Waals surface area contributed by atoms with E-state index in [4.69, 9.17) is 0 Å². The predicted molar refractivity (Wildman–Crippen MR) is 72.3 cm³/mol. The van der Waals surface area contributed by atoms with Gasteiger partial charge in [-0.3, -0.25) is 0 Å². The van der Waals surface area contributed by atoms with Crippen LogP contribution in [-0.4, -0.2) is 19.0 Å². The van der Waals surface area contributed by atoms with Gasteiger partial charge in [0, 0.05) is 19.8 Å². The lowest BCUT2D eigenvalue weighted by Gasteiger charge is -2.29. The third kappa shape index (κ3) is 3.01. The lowest BCUT2D eigenvalue weighted by molar-refractivity contribution is 0.477. The molecule has 1 heteroatoms. The summed E-state index contributed by atoms with van der Waals surface area (Å²) in [6.07, 6.45) is 5.86. The molecular formula is C15H25N. The molecule has 1 atom stereocenters. The Morgan fingerprint density at radius 2 is 2.12 bits per heavy atom. The van der Waals surface area contributed by atoms with Crippen molar-refractivity contribution < 1.29 is 0 Å². The van der Waals surface area contributed by atoms with E-state index in [9.17, 15) is 0 Å². The van der Waals surface area contributed by atoms with Crippen LogP contribution < -0.4 is 0 Å². The van der Waals surface area contributed by atoms with Gasteiger partial charge >= 0.3 is 0 Å². The first-order valence-electron chi connectivity index (χ1n) is 6.17. The van der Waals surface area contributed by atoms with Crippen LogP contribution in [-0.2, 0) is 0 Å². The second kappa shape index (κ2) is 5.38. The Morgan fingerprint density at radius 3 is 2.56 bits per heavy atom. The van der Waals surface area contributed by atoms with Gasteiger partial charge in [-0.15, -0.1) is 0 Å². The Balaban J connectivity index is 2.99. The molecule has 0 saturated carbocycles. The van der Waals surface area contributed by atoms with E-state index >= 15 is 0 Å². The second-order valence-corrected chi connectivity index (χ2v) is 5.21. The predicted octanol–water partition coefficient (Wildman–Crippen LogP) is 4.14. The van der Waals surface area contributed by atoms with Crippen molar-refractivity contribution in [2.24, 2.45) is 5.92 Å². The highest BCUT2D eigenvalue weighted by atomic mass is 15.1. The van der Waals surface area contributed by atoms with Gasteiger partial charge in [0.2, 0.25) is 0 Å². The maximum Gasteiger partial charge on any atom is 0.0352 e. The molecule has 0 amide bonds. The number of hydrogen-bond acceptors (Lipinski definition) is 1. The van der Waals surface area contributed by atoms with E-state index in [1.807, 2.05) is 0 Å². The molecule has 16 heavy (non-hydrogen) atoms. The summed E-state index contributed by atoms with van der Waals surface area (Å²) in [7, 11) is 4.26. The molecule has 0 aromatic carbocycles. The van der Waals surface area contributed by atoms with E-state index in [1.165, 1.54) is 35.3 Å². The summed E-state index contributed by atoms with van der Waals surface area (Å²) >= 11 is 0. The van der Waals surface area contributed by atoms with Crippen LogP contribution in [0.4, 0.5) is 0 Å². The van der Waals surface area contributed by atoms with E-state index in [0.717, 1.165) is 12.3 Å². The van der Waals surface area contributed by atoms with Crippen LogP contribution in [0.2, 0.25) is 0 Å². The topological polar surface area (TPSA) is 3.24 Å². The summed E-state index contributed by atoms with van der Waals surface area (Å²) in [6, 6.07) is 0. The van der Waals surface area contributed by atoms with E-state index in [1.54, 1.807) is 0 Å². The first-order chi connectivity index (χ1) is 7.45. The molecule has 0 saturated heterocycles. The van der Waals surface area contributed by atoms with Crippen molar-refractivity contribution in [1.29, 1.82) is 0 Å². The van der Waals surface area contributed by atoms with Gasteiger partial charge in [0.05, 0.1) is 0 Å². The highest BCUT2D eigenvalue weighted by Crippen LogP contribution is 2.34. The Bertz CT molecular complexity index is 331. The Kier molecular flexibility index (Phi) is 4.40. The minimum atomic E-state index is 0.719. The fourth-order valence-electron chi connectivity index (χ4n) is 2.49. The average molecular weight is 219 g/mol. The SMILES string of the molecule is C=C(C)CC1=CC(N(C)C)=C(C)C(CC)C1. The standard InChI is InChI=1S/C15H25N/c1-7-14-9-13(8-11(2)3)10-15(12(14)4)16(5)6/h10,14H,2,7-9H2,1,3-6H3. The molecule has 0 aromatic rings. The molecule has 0 fully saturated rings. The Labute approximate surface area is 101 Å². The normalized spacial score (nSPS) is 20.8. The molecule has 1 rings (SSSR count). The van der Waals surface area contributed by atoms with Crippen LogP contribution in [0, 0.1) is 5.92 Å². The zero-order valence-corrected chi connectivity index (χ0v) is 11.4. The summed E-state index contributed by atoms with van der Waals surface area (Å²) in [6.45, 7) is 10.7. The van der Waals surface area contributed by atoms with Gasteiger partial charge in [0.1, 0.15) is 0 Å². The van der Waals surface area contributed by atoms with Crippen molar-refractivity contribution in [1.82, 2.24) is 4.90 Å². The van der Waals surface area contributed by atoms with Gasteiger partial charge in [-0.1, -0.05) is 24.6 Å². The van der Waals surface area contributed by atoms with Crippen molar-refractivity contribution in [2.75, 3.05) is 14.1 Å². The van der Waals surface area contributed by atoms with Crippen LogP contribution in [0.5, 0.6) is 0 Å². The molecule has 1 aliphatic carbocycles. The maximum atomic E-state index is 4.02. The van der Waals surface area contributed by atoms with Crippen molar-refractivity contribution in [3.05, 3.63) is 35.1 Å². The molecular weight excluding hydrogens is 194 g/mol. The van der Waals surface area contributed by atoms with Crippen LogP contribution in [0.25, 0.3) is 0 Å². The summed E-state index contributed by atoms with van der Waals surface area (Å²) in [5.41, 5.74) is 5.74. The molecule has 0 spiro atoms. The van der Waals surface area contributed by atoms with Gasteiger partial charge in [0.25, 0.3) is 0 Å². The maximum absolute atomic E-state index is 4.02. The fourth-order valence-corrected chi connectivity index (χ4v) is 2.49.